The van der Waals surface area contributed by atoms with Gasteiger partial charge in [0.2, 0.25) is 15.0 Å². The van der Waals surface area contributed by atoms with Crippen molar-refractivity contribution >= 4 is 20.6 Å². The number of sulfone groups is 1. The minimum absolute atomic E-state index is 0.216. The number of nitrogens with zero attached hydrogens (tertiary/aromatic N) is 2. The minimum atomic E-state index is -3.60. The molecule has 0 radical (unpaired) electrons. The summed E-state index contributed by atoms with van der Waals surface area (Å²) in [5, 5.41) is 0.932. The molecule has 6 heteroatoms. The number of aromatic nitrogens is 2. The largest absolute Gasteiger partial charge is 0.247 e. The van der Waals surface area contributed by atoms with Crippen molar-refractivity contribution in [3.05, 3.63) is 89.9 Å². The summed E-state index contributed by atoms with van der Waals surface area (Å²) in [4.78, 5) is 8.56. The molecule has 29 heavy (non-hydrogen) atoms. The zero-order valence-electron chi connectivity index (χ0n) is 15.8. The summed E-state index contributed by atoms with van der Waals surface area (Å²) in [5.74, 6) is -0.328. The van der Waals surface area contributed by atoms with Crippen LogP contribution in [0.5, 0.6) is 0 Å². The second kappa shape index (κ2) is 7.72. The maximum absolute atomic E-state index is 14.2. The van der Waals surface area contributed by atoms with Crippen LogP contribution in [0.25, 0.3) is 22.0 Å². The molecule has 0 aliphatic rings. The number of hydrogen-bond acceptors (Lipinski definition) is 4. The smallest absolute Gasteiger partial charge is 0.223 e. The molecule has 146 valence electrons. The molecule has 4 rings (SSSR count). The first-order chi connectivity index (χ1) is 13.9. The highest BCUT2D eigenvalue weighted by Crippen LogP contribution is 2.30. The highest BCUT2D eigenvalue weighted by Gasteiger charge is 2.17. The Morgan fingerprint density at radius 1 is 0.828 bits per heavy atom. The van der Waals surface area contributed by atoms with E-state index in [0.717, 1.165) is 18.2 Å². The van der Waals surface area contributed by atoms with E-state index >= 15 is 0 Å². The Morgan fingerprint density at radius 2 is 1.52 bits per heavy atom. The van der Waals surface area contributed by atoms with Crippen molar-refractivity contribution in [1.82, 2.24) is 9.97 Å². The zero-order valence-corrected chi connectivity index (χ0v) is 16.7. The van der Waals surface area contributed by atoms with E-state index in [-0.39, 0.29) is 11.0 Å². The number of rotatable bonds is 5. The first-order valence-corrected chi connectivity index (χ1v) is 11.1. The van der Waals surface area contributed by atoms with Crippen molar-refractivity contribution in [2.24, 2.45) is 0 Å². The molecule has 0 aliphatic carbocycles. The van der Waals surface area contributed by atoms with E-state index in [9.17, 15) is 12.8 Å². The molecule has 0 spiro atoms. The molecule has 0 N–H and O–H groups in total. The van der Waals surface area contributed by atoms with Gasteiger partial charge in [-0.05, 0) is 42.0 Å². The standard InChI is InChI=1S/C23H19FN2O2S/c1-29(27,28)23-25-17(12-11-16-7-3-2-4-8-16)15-22(26-23)20-13-14-21(24)19-10-6-5-9-18(19)20/h2-10,13-15H,11-12H2,1H3. The minimum Gasteiger partial charge on any atom is -0.223 e. The highest BCUT2D eigenvalue weighted by molar-refractivity contribution is 7.90. The predicted octanol–water partition coefficient (Wildman–Crippen LogP) is 4.62. The van der Waals surface area contributed by atoms with Crippen molar-refractivity contribution in [2.75, 3.05) is 6.26 Å². The number of hydrogen-bond donors (Lipinski definition) is 0. The van der Waals surface area contributed by atoms with Crippen molar-refractivity contribution in [3.63, 3.8) is 0 Å². The molecule has 0 bridgehead atoms. The van der Waals surface area contributed by atoms with Crippen LogP contribution < -0.4 is 0 Å². The van der Waals surface area contributed by atoms with E-state index in [0.29, 0.717) is 34.1 Å². The van der Waals surface area contributed by atoms with Crippen LogP contribution in [0.3, 0.4) is 0 Å². The summed E-state index contributed by atoms with van der Waals surface area (Å²) >= 11 is 0. The van der Waals surface area contributed by atoms with E-state index < -0.39 is 9.84 Å². The van der Waals surface area contributed by atoms with Gasteiger partial charge in [0.25, 0.3) is 0 Å². The molecule has 0 atom stereocenters. The van der Waals surface area contributed by atoms with E-state index in [1.54, 1.807) is 30.3 Å². The quantitative estimate of drug-likeness (QED) is 0.454. The fourth-order valence-corrected chi connectivity index (χ4v) is 3.86. The normalized spacial score (nSPS) is 11.7. The summed E-state index contributed by atoms with van der Waals surface area (Å²) in [6.45, 7) is 0. The Morgan fingerprint density at radius 3 is 2.24 bits per heavy atom. The Kier molecular flexibility index (Phi) is 5.11. The van der Waals surface area contributed by atoms with Gasteiger partial charge in [0, 0.05) is 22.9 Å². The third-order valence-corrected chi connectivity index (χ3v) is 5.60. The molecule has 0 fully saturated rings. The maximum Gasteiger partial charge on any atom is 0.247 e. The van der Waals surface area contributed by atoms with Gasteiger partial charge in [-0.1, -0.05) is 54.6 Å². The lowest BCUT2D eigenvalue weighted by Crippen LogP contribution is -2.08. The Balaban J connectivity index is 1.82. The second-order valence-corrected chi connectivity index (χ2v) is 8.83. The van der Waals surface area contributed by atoms with Gasteiger partial charge in [-0.3, -0.25) is 0 Å². The molecule has 4 aromatic rings. The van der Waals surface area contributed by atoms with Gasteiger partial charge in [0.1, 0.15) is 5.82 Å². The number of fused-ring (bicyclic) bond motifs is 1. The molecule has 3 aromatic carbocycles. The molecular weight excluding hydrogens is 387 g/mol. The molecule has 0 aliphatic heterocycles. The van der Waals surface area contributed by atoms with Gasteiger partial charge in [-0.15, -0.1) is 0 Å². The van der Waals surface area contributed by atoms with Gasteiger partial charge in [-0.2, -0.15) is 0 Å². The monoisotopic (exact) mass is 406 g/mol. The molecule has 1 aromatic heterocycles. The van der Waals surface area contributed by atoms with Gasteiger partial charge < -0.3 is 0 Å². The fourth-order valence-electron chi connectivity index (χ4n) is 3.31. The van der Waals surface area contributed by atoms with E-state index in [4.69, 9.17) is 0 Å². The zero-order chi connectivity index (χ0) is 20.4. The lowest BCUT2D eigenvalue weighted by molar-refractivity contribution is 0.591. The summed E-state index contributed by atoms with van der Waals surface area (Å²) in [6.07, 6.45) is 2.39. The van der Waals surface area contributed by atoms with Crippen molar-refractivity contribution in [2.45, 2.75) is 18.0 Å². The van der Waals surface area contributed by atoms with Gasteiger partial charge >= 0.3 is 0 Å². The number of benzene rings is 3. The summed E-state index contributed by atoms with van der Waals surface area (Å²) in [5.41, 5.74) is 2.92. The van der Waals surface area contributed by atoms with Gasteiger partial charge in [0.05, 0.1) is 5.69 Å². The van der Waals surface area contributed by atoms with E-state index in [1.807, 2.05) is 36.4 Å². The van der Waals surface area contributed by atoms with Crippen LogP contribution in [-0.4, -0.2) is 24.6 Å². The Labute approximate surface area is 169 Å². The summed E-state index contributed by atoms with van der Waals surface area (Å²) in [6, 6.07) is 21.8. The first kappa shape index (κ1) is 19.2. The van der Waals surface area contributed by atoms with Gasteiger partial charge in [0.15, 0.2) is 0 Å². The van der Waals surface area contributed by atoms with Crippen LogP contribution >= 0.6 is 0 Å². The average molecular weight is 406 g/mol. The molecule has 0 saturated carbocycles. The number of aryl methyl sites for hydroxylation is 2. The lowest BCUT2D eigenvalue weighted by atomic mass is 10.0. The van der Waals surface area contributed by atoms with Crippen LogP contribution in [0.2, 0.25) is 0 Å². The topological polar surface area (TPSA) is 59.9 Å². The predicted molar refractivity (Wildman–Crippen MR) is 112 cm³/mol. The van der Waals surface area contributed by atoms with Gasteiger partial charge in [-0.25, -0.2) is 22.8 Å². The third kappa shape index (κ3) is 4.17. The summed E-state index contributed by atoms with van der Waals surface area (Å²) < 4.78 is 38.6. The molecule has 4 nitrogen and oxygen atoms in total. The molecular formula is C23H19FN2O2S. The van der Waals surface area contributed by atoms with Crippen LogP contribution in [0, 0.1) is 5.82 Å². The Hall–Kier alpha value is -3.12. The van der Waals surface area contributed by atoms with Crippen LogP contribution in [0.4, 0.5) is 4.39 Å². The average Bonchev–Trinajstić information content (AvgIpc) is 2.73. The van der Waals surface area contributed by atoms with Crippen LogP contribution in [0.1, 0.15) is 11.3 Å². The van der Waals surface area contributed by atoms with Crippen molar-refractivity contribution < 1.29 is 12.8 Å². The first-order valence-electron chi connectivity index (χ1n) is 9.21. The van der Waals surface area contributed by atoms with Crippen molar-refractivity contribution in [3.8, 4) is 11.3 Å². The molecule has 0 unspecified atom stereocenters. The maximum atomic E-state index is 14.2. The fraction of sp³-hybridized carbons (Fsp3) is 0.130. The lowest BCUT2D eigenvalue weighted by Gasteiger charge is -2.10. The SMILES string of the molecule is CS(=O)(=O)c1nc(CCc2ccccc2)cc(-c2ccc(F)c3ccccc23)n1. The molecule has 0 saturated heterocycles. The van der Waals surface area contributed by atoms with Crippen LogP contribution in [0.15, 0.2) is 78.0 Å². The summed E-state index contributed by atoms with van der Waals surface area (Å²) in [7, 11) is -3.60. The molecule has 0 amide bonds. The van der Waals surface area contributed by atoms with Crippen LogP contribution in [-0.2, 0) is 22.7 Å². The number of halogens is 1. The highest BCUT2D eigenvalue weighted by atomic mass is 32.2. The third-order valence-electron chi connectivity index (χ3n) is 4.75. The van der Waals surface area contributed by atoms with E-state index in [1.165, 1.54) is 6.07 Å². The Bertz CT molecular complexity index is 1290. The van der Waals surface area contributed by atoms with Crippen molar-refractivity contribution in [1.29, 1.82) is 0 Å². The molecule has 1 heterocycles. The van der Waals surface area contributed by atoms with E-state index in [2.05, 4.69) is 9.97 Å². The second-order valence-electron chi connectivity index (χ2n) is 6.93.